The van der Waals surface area contributed by atoms with E-state index in [9.17, 15) is 13.2 Å². The summed E-state index contributed by atoms with van der Waals surface area (Å²) in [4.78, 5) is 13.0. The predicted molar refractivity (Wildman–Crippen MR) is 117 cm³/mol. The fourth-order valence-corrected chi connectivity index (χ4v) is 6.84. The number of rotatable bonds is 6. The van der Waals surface area contributed by atoms with Crippen LogP contribution in [0.2, 0.25) is 4.34 Å². The van der Waals surface area contributed by atoms with Gasteiger partial charge in [-0.25, -0.2) is 13.1 Å². The minimum atomic E-state index is -3.77. The van der Waals surface area contributed by atoms with Gasteiger partial charge in [0.1, 0.15) is 16.1 Å². The summed E-state index contributed by atoms with van der Waals surface area (Å²) in [6.45, 7) is 2.66. The van der Waals surface area contributed by atoms with Crippen LogP contribution < -0.4 is 5.32 Å². The minimum absolute atomic E-state index is 0.150. The van der Waals surface area contributed by atoms with Crippen molar-refractivity contribution in [3.63, 3.8) is 0 Å². The van der Waals surface area contributed by atoms with Crippen LogP contribution >= 0.6 is 22.9 Å². The van der Waals surface area contributed by atoms with Crippen LogP contribution in [0.5, 0.6) is 0 Å². The molecule has 1 N–H and O–H groups in total. The van der Waals surface area contributed by atoms with Gasteiger partial charge in [-0.15, -0.1) is 11.3 Å². The van der Waals surface area contributed by atoms with Gasteiger partial charge in [-0.05, 0) is 37.5 Å². The first-order chi connectivity index (χ1) is 14.3. The number of nitrogens with zero attached hydrogens (tertiary/aromatic N) is 3. The van der Waals surface area contributed by atoms with Gasteiger partial charge in [-0.1, -0.05) is 41.9 Å². The molecule has 1 aliphatic rings. The molecule has 1 atom stereocenters. The van der Waals surface area contributed by atoms with E-state index < -0.39 is 16.1 Å². The lowest BCUT2D eigenvalue weighted by atomic mass is 10.2. The zero-order valence-corrected chi connectivity index (χ0v) is 18.7. The number of aromatic nitrogens is 2. The third-order valence-electron chi connectivity index (χ3n) is 4.95. The summed E-state index contributed by atoms with van der Waals surface area (Å²) in [7, 11) is -3.77. The van der Waals surface area contributed by atoms with E-state index in [0.29, 0.717) is 36.1 Å². The van der Waals surface area contributed by atoms with Crippen LogP contribution in [-0.4, -0.2) is 41.0 Å². The van der Waals surface area contributed by atoms with Gasteiger partial charge in [0.25, 0.3) is 10.0 Å². The summed E-state index contributed by atoms with van der Waals surface area (Å²) in [6, 6.07) is 13.9. The number of carbonyl (C=O) groups excluding carboxylic acids is 1. The number of benzene rings is 1. The average molecular weight is 465 g/mol. The smallest absolute Gasteiger partial charge is 0.253 e. The lowest BCUT2D eigenvalue weighted by Gasteiger charge is -2.22. The molecule has 3 heterocycles. The van der Waals surface area contributed by atoms with Crippen LogP contribution in [0.15, 0.2) is 52.7 Å². The number of hydrogen-bond donors (Lipinski definition) is 1. The summed E-state index contributed by atoms with van der Waals surface area (Å²) >= 11 is 6.91. The number of aryl methyl sites for hydroxylation is 1. The molecule has 2 aromatic heterocycles. The monoisotopic (exact) mass is 464 g/mol. The lowest BCUT2D eigenvalue weighted by molar-refractivity contribution is -0.119. The summed E-state index contributed by atoms with van der Waals surface area (Å²) < 4.78 is 29.6. The Balaban J connectivity index is 1.54. The fourth-order valence-electron chi connectivity index (χ4n) is 3.57. The predicted octanol–water partition coefficient (Wildman–Crippen LogP) is 3.75. The number of carbonyl (C=O) groups is 1. The Bertz CT molecular complexity index is 1160. The maximum absolute atomic E-state index is 13.0. The highest BCUT2D eigenvalue weighted by atomic mass is 35.5. The first-order valence-electron chi connectivity index (χ1n) is 9.51. The molecule has 4 rings (SSSR count). The zero-order valence-electron chi connectivity index (χ0n) is 16.3. The number of anilines is 1. The molecule has 1 fully saturated rings. The molecule has 0 aliphatic carbocycles. The summed E-state index contributed by atoms with van der Waals surface area (Å²) in [5.41, 5.74) is 1.82. The Morgan fingerprint density at radius 1 is 1.27 bits per heavy atom. The number of amides is 1. The molecule has 0 saturated carbocycles. The highest BCUT2D eigenvalue weighted by Gasteiger charge is 2.40. The number of sulfonamides is 1. The molecular formula is C20H21ClN4O3S2. The van der Waals surface area contributed by atoms with Crippen molar-refractivity contribution in [2.75, 3.05) is 11.9 Å². The molecule has 3 aromatic rings. The van der Waals surface area contributed by atoms with E-state index in [-0.39, 0.29) is 10.1 Å². The maximum Gasteiger partial charge on any atom is 0.253 e. The largest absolute Gasteiger partial charge is 0.309 e. The summed E-state index contributed by atoms with van der Waals surface area (Å²) in [6.07, 6.45) is 1.09. The standard InChI is InChI=1S/C20H21ClN4O3S2/c1-14-12-18(24(23-14)13-15-6-3-2-4-7-15)22-20(26)16-8-5-11-25(16)30(27,28)19-10-9-17(21)29-19/h2-4,6-7,9-10,12,16H,5,8,11,13H2,1H3,(H,22,26). The molecule has 1 unspecified atom stereocenters. The molecule has 30 heavy (non-hydrogen) atoms. The van der Waals surface area contributed by atoms with Crippen molar-refractivity contribution >= 4 is 44.7 Å². The second-order valence-electron chi connectivity index (χ2n) is 7.14. The molecule has 0 radical (unpaired) electrons. The van der Waals surface area contributed by atoms with E-state index in [1.165, 1.54) is 10.4 Å². The zero-order chi connectivity index (χ0) is 21.3. The summed E-state index contributed by atoms with van der Waals surface area (Å²) in [5.74, 6) is 0.192. The quantitative estimate of drug-likeness (QED) is 0.602. The molecule has 0 bridgehead atoms. The Morgan fingerprint density at radius 2 is 2.03 bits per heavy atom. The van der Waals surface area contributed by atoms with Crippen LogP contribution in [0.4, 0.5) is 5.82 Å². The van der Waals surface area contributed by atoms with E-state index in [1.54, 1.807) is 16.8 Å². The average Bonchev–Trinajstić information content (AvgIpc) is 3.43. The second kappa shape index (κ2) is 8.50. The second-order valence-corrected chi connectivity index (χ2v) is 11.0. The topological polar surface area (TPSA) is 84.3 Å². The van der Waals surface area contributed by atoms with Gasteiger partial charge in [0, 0.05) is 12.6 Å². The lowest BCUT2D eigenvalue weighted by Crippen LogP contribution is -2.43. The molecule has 10 heteroatoms. The van der Waals surface area contributed by atoms with Crippen molar-refractivity contribution in [3.8, 4) is 0 Å². The Labute approximate surface area is 184 Å². The van der Waals surface area contributed by atoms with Gasteiger partial charge >= 0.3 is 0 Å². The third-order valence-corrected chi connectivity index (χ3v) is 8.55. The van der Waals surface area contributed by atoms with Gasteiger partial charge in [-0.2, -0.15) is 9.40 Å². The van der Waals surface area contributed by atoms with Gasteiger partial charge in [0.15, 0.2) is 0 Å². The minimum Gasteiger partial charge on any atom is -0.309 e. The molecule has 1 saturated heterocycles. The van der Waals surface area contributed by atoms with Gasteiger partial charge < -0.3 is 5.32 Å². The molecule has 1 amide bonds. The Kier molecular flexibility index (Phi) is 5.97. The SMILES string of the molecule is Cc1cc(NC(=O)C2CCCN2S(=O)(=O)c2ccc(Cl)s2)n(Cc2ccccc2)n1. The highest BCUT2D eigenvalue weighted by molar-refractivity contribution is 7.91. The van der Waals surface area contributed by atoms with Gasteiger partial charge in [0.05, 0.1) is 16.6 Å². The highest BCUT2D eigenvalue weighted by Crippen LogP contribution is 2.32. The van der Waals surface area contributed by atoms with Crippen LogP contribution in [0, 0.1) is 6.92 Å². The molecule has 7 nitrogen and oxygen atoms in total. The van der Waals surface area contributed by atoms with Crippen molar-refractivity contribution < 1.29 is 13.2 Å². The normalized spacial score (nSPS) is 17.3. The van der Waals surface area contributed by atoms with Crippen LogP contribution in [0.25, 0.3) is 0 Å². The van der Waals surface area contributed by atoms with E-state index in [1.807, 2.05) is 37.3 Å². The number of halogens is 1. The van der Waals surface area contributed by atoms with Crippen LogP contribution in [0.3, 0.4) is 0 Å². The first-order valence-corrected chi connectivity index (χ1v) is 12.1. The molecule has 158 valence electrons. The third kappa shape index (κ3) is 4.29. The Morgan fingerprint density at radius 3 is 2.73 bits per heavy atom. The molecule has 1 aromatic carbocycles. The van der Waals surface area contributed by atoms with Crippen molar-refractivity contribution in [1.82, 2.24) is 14.1 Å². The maximum atomic E-state index is 13.0. The number of hydrogen-bond acceptors (Lipinski definition) is 5. The first kappa shape index (κ1) is 21.0. The van der Waals surface area contributed by atoms with Gasteiger partial charge in [-0.3, -0.25) is 4.79 Å². The van der Waals surface area contributed by atoms with Crippen LogP contribution in [0.1, 0.15) is 24.1 Å². The molecule has 1 aliphatic heterocycles. The van der Waals surface area contributed by atoms with Crippen molar-refractivity contribution in [3.05, 3.63) is 64.1 Å². The van der Waals surface area contributed by atoms with Crippen molar-refractivity contribution in [2.24, 2.45) is 0 Å². The van der Waals surface area contributed by atoms with E-state index in [4.69, 9.17) is 11.6 Å². The van der Waals surface area contributed by atoms with Crippen LogP contribution in [-0.2, 0) is 21.4 Å². The number of thiophene rings is 1. The van der Waals surface area contributed by atoms with Gasteiger partial charge in [0.2, 0.25) is 5.91 Å². The van der Waals surface area contributed by atoms with E-state index in [0.717, 1.165) is 22.6 Å². The summed E-state index contributed by atoms with van der Waals surface area (Å²) in [5, 5.41) is 7.35. The van der Waals surface area contributed by atoms with Crippen molar-refractivity contribution in [1.29, 1.82) is 0 Å². The van der Waals surface area contributed by atoms with E-state index >= 15 is 0 Å². The molecular weight excluding hydrogens is 444 g/mol. The fraction of sp³-hybridized carbons (Fsp3) is 0.300. The number of nitrogens with one attached hydrogen (secondary N) is 1. The Hall–Kier alpha value is -2.20. The molecule has 0 spiro atoms. The van der Waals surface area contributed by atoms with Crippen molar-refractivity contribution in [2.45, 2.75) is 36.6 Å². The van der Waals surface area contributed by atoms with E-state index in [2.05, 4.69) is 10.4 Å².